The second-order valence-corrected chi connectivity index (χ2v) is 14.3. The van der Waals surface area contributed by atoms with Crippen molar-refractivity contribution < 1.29 is 26.7 Å². The zero-order valence-electron chi connectivity index (χ0n) is 29.1. The fourth-order valence-corrected chi connectivity index (χ4v) is 7.44. The fourth-order valence-electron chi connectivity index (χ4n) is 6.74. The molecule has 0 atom stereocenters. The number of ether oxygens (including phenoxy) is 1. The number of benzene rings is 6. The molecule has 0 saturated heterocycles. The van der Waals surface area contributed by atoms with E-state index in [1.165, 1.54) is 6.07 Å². The predicted molar refractivity (Wildman–Crippen MR) is 207 cm³/mol. The van der Waals surface area contributed by atoms with Crippen molar-refractivity contribution >= 4 is 33.0 Å². The quantitative estimate of drug-likeness (QED) is 0.104. The van der Waals surface area contributed by atoms with Gasteiger partial charge < -0.3 is 18.6 Å². The Balaban J connectivity index is 1.24. The van der Waals surface area contributed by atoms with Gasteiger partial charge in [-0.15, -0.1) is 0 Å². The molecule has 0 radical (unpaired) electrons. The van der Waals surface area contributed by atoms with Crippen molar-refractivity contribution in [3.8, 4) is 28.0 Å². The highest BCUT2D eigenvalue weighted by Gasteiger charge is 2.29. The molecule has 0 amide bonds. The zero-order chi connectivity index (χ0) is 36.4. The van der Waals surface area contributed by atoms with E-state index in [9.17, 15) is 13.0 Å². The topological polar surface area (TPSA) is 86.7 Å². The first-order chi connectivity index (χ1) is 25.8. The normalized spacial score (nSPS) is 13.7. The molecular weight excluding hydrogens is 681 g/mol. The molecule has 8 heteroatoms. The number of rotatable bonds is 10. The van der Waals surface area contributed by atoms with E-state index in [1.54, 1.807) is 18.2 Å². The van der Waals surface area contributed by atoms with Crippen LogP contribution in [0.5, 0.6) is 5.75 Å². The van der Waals surface area contributed by atoms with E-state index in [2.05, 4.69) is 47.9 Å². The summed E-state index contributed by atoms with van der Waals surface area (Å²) < 4.78 is 52.2. The van der Waals surface area contributed by atoms with Gasteiger partial charge in [0.05, 0.1) is 23.2 Å². The molecule has 53 heavy (non-hydrogen) atoms. The molecule has 1 aliphatic rings. The van der Waals surface area contributed by atoms with Gasteiger partial charge in [-0.2, -0.15) is 4.57 Å². The van der Waals surface area contributed by atoms with E-state index in [-0.39, 0.29) is 11.4 Å². The molecule has 0 aliphatic carbocycles. The number of allylic oxidation sites excluding steroid dienone is 2. The van der Waals surface area contributed by atoms with Crippen LogP contribution in [0.2, 0.25) is 0 Å². The Morgan fingerprint density at radius 2 is 1.36 bits per heavy atom. The number of aromatic nitrogens is 1. The van der Waals surface area contributed by atoms with Crippen LogP contribution >= 0.6 is 0 Å². The van der Waals surface area contributed by atoms with E-state index in [4.69, 9.17) is 9.15 Å². The van der Waals surface area contributed by atoms with E-state index in [1.807, 2.05) is 108 Å². The van der Waals surface area contributed by atoms with E-state index in [0.29, 0.717) is 36.1 Å². The molecule has 2 heterocycles. The van der Waals surface area contributed by atoms with Gasteiger partial charge in [-0.25, -0.2) is 8.42 Å². The molecule has 7 aromatic rings. The first-order valence-electron chi connectivity index (χ1n) is 17.5. The third kappa shape index (κ3) is 7.15. The van der Waals surface area contributed by atoms with Crippen LogP contribution in [-0.2, 0) is 23.2 Å². The highest BCUT2D eigenvalue weighted by Crippen LogP contribution is 2.43. The summed E-state index contributed by atoms with van der Waals surface area (Å²) in [6.07, 6.45) is 4.65. The first-order valence-corrected chi connectivity index (χ1v) is 18.9. The summed E-state index contributed by atoms with van der Waals surface area (Å²) >= 11 is 0. The maximum Gasteiger partial charge on any atom is 0.374 e. The predicted octanol–water partition coefficient (Wildman–Crippen LogP) is 9.74. The highest BCUT2D eigenvalue weighted by atomic mass is 32.2. The van der Waals surface area contributed by atoms with Crippen LogP contribution in [-0.4, -0.2) is 13.0 Å². The molecule has 1 aromatic heterocycles. The lowest BCUT2D eigenvalue weighted by Crippen LogP contribution is -2.36. The summed E-state index contributed by atoms with van der Waals surface area (Å²) in [6, 6.07) is 49.2. The molecule has 8 rings (SSSR count). The summed E-state index contributed by atoms with van der Waals surface area (Å²) in [5.74, 6) is 1.82. The Morgan fingerprint density at radius 3 is 2.04 bits per heavy atom. The number of anilines is 1. The fraction of sp³-hybridized carbons (Fsp3) is 0.0889. The summed E-state index contributed by atoms with van der Waals surface area (Å²) in [4.78, 5) is 1.68. The lowest BCUT2D eigenvalue weighted by atomic mass is 10.0. The Morgan fingerprint density at radius 1 is 0.736 bits per heavy atom. The summed E-state index contributed by atoms with van der Waals surface area (Å²) in [6.45, 7) is 2.77. The van der Waals surface area contributed by atoms with Crippen LogP contribution < -0.4 is 14.2 Å². The number of hydrogen-bond donors (Lipinski definition) is 0. The van der Waals surface area contributed by atoms with E-state index < -0.39 is 10.1 Å². The van der Waals surface area contributed by atoms with Crippen LogP contribution in [0.15, 0.2) is 179 Å². The summed E-state index contributed by atoms with van der Waals surface area (Å²) in [5.41, 5.74) is 9.18. The maximum absolute atomic E-state index is 12.3. The maximum atomic E-state index is 12.3. The molecule has 0 bridgehead atoms. The second-order valence-electron chi connectivity index (χ2n) is 12.9. The van der Waals surface area contributed by atoms with Crippen LogP contribution in [0.4, 0.5) is 5.69 Å². The molecule has 6 aromatic carbocycles. The largest absolute Gasteiger partial charge is 0.744 e. The van der Waals surface area contributed by atoms with Gasteiger partial charge in [-0.3, -0.25) is 0 Å². The van der Waals surface area contributed by atoms with Crippen LogP contribution in [0.3, 0.4) is 0 Å². The smallest absolute Gasteiger partial charge is 0.374 e. The number of fused-ring (bicyclic) bond motifs is 2. The summed E-state index contributed by atoms with van der Waals surface area (Å²) in [5, 5.41) is 0. The molecule has 0 N–H and O–H groups in total. The van der Waals surface area contributed by atoms with Crippen LogP contribution in [0.1, 0.15) is 30.4 Å². The first kappa shape index (κ1) is 33.9. The molecule has 0 unspecified atom stereocenters. The Labute approximate surface area is 309 Å². The van der Waals surface area contributed by atoms with Crippen LogP contribution in [0.25, 0.3) is 39.4 Å². The molecule has 1 aliphatic heterocycles. The van der Waals surface area contributed by atoms with Crippen molar-refractivity contribution in [1.82, 2.24) is 0 Å². The number of hydrogen-bond acceptors (Lipinski definition) is 6. The Bertz CT molecular complexity index is 2600. The van der Waals surface area contributed by atoms with Crippen molar-refractivity contribution in [2.24, 2.45) is 0 Å². The van der Waals surface area contributed by atoms with Crippen LogP contribution in [0, 0.1) is 0 Å². The molecule has 0 fully saturated rings. The minimum Gasteiger partial charge on any atom is -0.744 e. The zero-order valence-corrected chi connectivity index (χ0v) is 29.9. The van der Waals surface area contributed by atoms with Gasteiger partial charge in [0.25, 0.3) is 5.52 Å². The van der Waals surface area contributed by atoms with Gasteiger partial charge in [0, 0.05) is 17.7 Å². The van der Waals surface area contributed by atoms with Crippen molar-refractivity contribution in [1.29, 1.82) is 0 Å². The van der Waals surface area contributed by atoms with Crippen molar-refractivity contribution in [3.05, 3.63) is 186 Å². The number of oxazole rings is 1. The standard InChI is InChI=1S/C45H36N2O5S/c1-2-32(26-44-46(30-33-14-6-3-7-15-33)39-28-36(22-24-41(39)51-44)34-16-8-4-9-17-34)27-45-47(31-38-20-12-13-21-43(38)53(48,49)50)40-29-37(23-25-42(40)52-45)35-18-10-5-11-19-35/h3-29H,2,30-31H2,1H3. The van der Waals surface area contributed by atoms with Crippen molar-refractivity contribution in [3.63, 3.8) is 0 Å². The van der Waals surface area contributed by atoms with Gasteiger partial charge in [0.1, 0.15) is 10.1 Å². The molecule has 7 nitrogen and oxygen atoms in total. The van der Waals surface area contributed by atoms with Crippen molar-refractivity contribution in [2.45, 2.75) is 31.3 Å². The minimum atomic E-state index is -4.72. The van der Waals surface area contributed by atoms with E-state index >= 15 is 0 Å². The van der Waals surface area contributed by atoms with Crippen molar-refractivity contribution in [2.75, 3.05) is 4.90 Å². The Kier molecular flexibility index (Phi) is 9.22. The van der Waals surface area contributed by atoms with Gasteiger partial charge in [0.15, 0.2) is 12.3 Å². The third-order valence-corrected chi connectivity index (χ3v) is 10.4. The molecule has 0 saturated carbocycles. The van der Waals surface area contributed by atoms with Gasteiger partial charge in [-0.05, 0) is 64.1 Å². The van der Waals surface area contributed by atoms with Gasteiger partial charge >= 0.3 is 5.89 Å². The van der Waals surface area contributed by atoms with Gasteiger partial charge in [-0.1, -0.05) is 128 Å². The second kappa shape index (κ2) is 14.4. The van der Waals surface area contributed by atoms with Gasteiger partial charge in [0.2, 0.25) is 11.5 Å². The molecule has 262 valence electrons. The van der Waals surface area contributed by atoms with E-state index in [0.717, 1.165) is 50.2 Å². The molecular formula is C45H36N2O5S. The molecule has 0 spiro atoms. The number of nitrogens with zero attached hydrogens (tertiary/aromatic N) is 2. The average molecular weight is 717 g/mol. The summed E-state index contributed by atoms with van der Waals surface area (Å²) in [7, 11) is -4.72. The monoisotopic (exact) mass is 716 g/mol. The lowest BCUT2D eigenvalue weighted by Gasteiger charge is -2.22. The lowest BCUT2D eigenvalue weighted by molar-refractivity contribution is -0.669. The Hall–Kier alpha value is -6.22. The SMILES string of the molecule is CCC(=Cc1oc2ccc(-c3ccccc3)cc2[n+]1Cc1ccccc1)C=C1Oc2ccc(-c3ccccc3)cc2N1Cc1ccccc1S(=O)(=O)[O-]. The highest BCUT2D eigenvalue weighted by molar-refractivity contribution is 7.85. The average Bonchev–Trinajstić information content (AvgIpc) is 3.70. The third-order valence-electron chi connectivity index (χ3n) is 9.45. The minimum absolute atomic E-state index is 0.104.